The average molecular weight is 374 g/mol. The van der Waals surface area contributed by atoms with Crippen molar-refractivity contribution in [2.24, 2.45) is 0 Å². The summed E-state index contributed by atoms with van der Waals surface area (Å²) < 4.78 is 38.0. The summed E-state index contributed by atoms with van der Waals surface area (Å²) in [6.45, 7) is 1.57. The smallest absolute Gasteiger partial charge is 0.354 e. The topological polar surface area (TPSA) is 60.2 Å². The Morgan fingerprint density at radius 2 is 1.89 bits per heavy atom. The highest BCUT2D eigenvalue weighted by Crippen LogP contribution is 2.29. The predicted molar refractivity (Wildman–Crippen MR) is 92.6 cm³/mol. The fourth-order valence-corrected chi connectivity index (χ4v) is 2.98. The van der Waals surface area contributed by atoms with E-state index in [1.807, 2.05) is 12.1 Å². The number of anilines is 1. The minimum absolute atomic E-state index is 0.0582. The van der Waals surface area contributed by atoms with E-state index >= 15 is 0 Å². The summed E-state index contributed by atoms with van der Waals surface area (Å²) in [6.07, 6.45) is -3.38. The highest BCUT2D eigenvalue weighted by molar-refractivity contribution is 5.77. The van der Waals surface area contributed by atoms with Crippen LogP contribution >= 0.6 is 0 Å². The lowest BCUT2D eigenvalue weighted by Gasteiger charge is -2.23. The third kappa shape index (κ3) is 4.37. The normalized spacial score (nSPS) is 15.4. The molecule has 0 bridgehead atoms. The molecule has 27 heavy (non-hydrogen) atoms. The molecule has 0 aliphatic carbocycles. The van der Waals surface area contributed by atoms with Gasteiger partial charge in [-0.2, -0.15) is 18.4 Å². The lowest BCUT2D eigenvalue weighted by atomic mass is 10.1. The number of halogens is 3. The first-order valence-electron chi connectivity index (χ1n) is 8.42. The molecule has 0 unspecified atom stereocenters. The van der Waals surface area contributed by atoms with Crippen molar-refractivity contribution in [1.82, 2.24) is 9.88 Å². The maximum absolute atomic E-state index is 12.7. The zero-order valence-corrected chi connectivity index (χ0v) is 14.4. The molecule has 2 aromatic rings. The number of hydrogen-bond donors (Lipinski definition) is 0. The zero-order chi connectivity index (χ0) is 19.4. The van der Waals surface area contributed by atoms with Crippen LogP contribution in [0.2, 0.25) is 0 Å². The number of benzene rings is 1. The van der Waals surface area contributed by atoms with Gasteiger partial charge in [-0.3, -0.25) is 4.79 Å². The van der Waals surface area contributed by atoms with Gasteiger partial charge in [0.25, 0.3) is 0 Å². The number of amides is 1. The monoisotopic (exact) mass is 374 g/mol. The van der Waals surface area contributed by atoms with Crippen LogP contribution in [0.1, 0.15) is 23.1 Å². The fourth-order valence-electron chi connectivity index (χ4n) is 2.98. The van der Waals surface area contributed by atoms with Crippen molar-refractivity contribution >= 4 is 11.7 Å². The number of nitrogens with zero attached hydrogens (tertiary/aromatic N) is 4. The summed E-state index contributed by atoms with van der Waals surface area (Å²) in [6, 6.07) is 11.5. The SMILES string of the molecule is N#Cc1ccccc1CN1CCN(c2ccc(C(F)(F)F)cn2)CCC1=O. The number of carbonyl (C=O) groups is 1. The van der Waals surface area contributed by atoms with Gasteiger partial charge in [-0.05, 0) is 23.8 Å². The standard InChI is InChI=1S/C19H17F3N4O/c20-19(21,22)16-5-6-17(24-12-16)25-8-7-18(27)26(10-9-25)13-15-4-2-1-3-14(15)11-23/h1-6,12H,7-10,13H2. The van der Waals surface area contributed by atoms with Gasteiger partial charge >= 0.3 is 6.18 Å². The zero-order valence-electron chi connectivity index (χ0n) is 14.4. The average Bonchev–Trinajstić information content (AvgIpc) is 2.84. The molecule has 0 saturated carbocycles. The van der Waals surface area contributed by atoms with Crippen LogP contribution < -0.4 is 4.90 Å². The van der Waals surface area contributed by atoms with Crippen LogP contribution in [0.4, 0.5) is 19.0 Å². The molecule has 0 atom stereocenters. The van der Waals surface area contributed by atoms with E-state index in [4.69, 9.17) is 0 Å². The van der Waals surface area contributed by atoms with Crippen molar-refractivity contribution in [1.29, 1.82) is 5.26 Å². The number of alkyl halides is 3. The molecule has 3 rings (SSSR count). The van der Waals surface area contributed by atoms with Gasteiger partial charge in [0.15, 0.2) is 0 Å². The number of nitriles is 1. The molecule has 8 heteroatoms. The quantitative estimate of drug-likeness (QED) is 0.828. The van der Waals surface area contributed by atoms with Crippen molar-refractivity contribution in [3.05, 3.63) is 59.3 Å². The second-order valence-electron chi connectivity index (χ2n) is 6.22. The van der Waals surface area contributed by atoms with Gasteiger partial charge in [-0.25, -0.2) is 4.98 Å². The van der Waals surface area contributed by atoms with Gasteiger partial charge in [-0.1, -0.05) is 18.2 Å². The largest absolute Gasteiger partial charge is 0.417 e. The van der Waals surface area contributed by atoms with E-state index in [-0.39, 0.29) is 12.3 Å². The van der Waals surface area contributed by atoms with Gasteiger partial charge in [0, 0.05) is 38.8 Å². The molecule has 0 N–H and O–H groups in total. The van der Waals surface area contributed by atoms with Crippen LogP contribution in [0.3, 0.4) is 0 Å². The van der Waals surface area contributed by atoms with E-state index in [0.29, 0.717) is 37.6 Å². The highest BCUT2D eigenvalue weighted by Gasteiger charge is 2.31. The molecule has 1 aromatic carbocycles. The molecule has 1 aliphatic heterocycles. The lowest BCUT2D eigenvalue weighted by Crippen LogP contribution is -2.33. The van der Waals surface area contributed by atoms with Crippen LogP contribution in [0, 0.1) is 11.3 Å². The van der Waals surface area contributed by atoms with Gasteiger partial charge < -0.3 is 9.80 Å². The predicted octanol–water partition coefficient (Wildman–Crippen LogP) is 3.21. The molecule has 1 aromatic heterocycles. The number of hydrogen-bond acceptors (Lipinski definition) is 4. The Bertz CT molecular complexity index is 858. The number of pyridine rings is 1. The molecule has 140 valence electrons. The van der Waals surface area contributed by atoms with E-state index in [2.05, 4.69) is 11.1 Å². The van der Waals surface area contributed by atoms with E-state index in [1.165, 1.54) is 6.07 Å². The second-order valence-corrected chi connectivity index (χ2v) is 6.22. The molecule has 2 heterocycles. The van der Waals surface area contributed by atoms with Crippen molar-refractivity contribution in [2.75, 3.05) is 24.5 Å². The van der Waals surface area contributed by atoms with Gasteiger partial charge in [0.2, 0.25) is 5.91 Å². The third-order valence-electron chi connectivity index (χ3n) is 4.49. The van der Waals surface area contributed by atoms with Crippen molar-refractivity contribution in [3.63, 3.8) is 0 Å². The van der Waals surface area contributed by atoms with Crippen LogP contribution in [0.5, 0.6) is 0 Å². The molecule has 0 spiro atoms. The molecule has 1 amide bonds. The van der Waals surface area contributed by atoms with Crippen molar-refractivity contribution < 1.29 is 18.0 Å². The molecule has 1 aliphatic rings. The Morgan fingerprint density at radius 1 is 1.11 bits per heavy atom. The van der Waals surface area contributed by atoms with E-state index < -0.39 is 11.7 Å². The fraction of sp³-hybridized carbons (Fsp3) is 0.316. The summed E-state index contributed by atoms with van der Waals surface area (Å²) in [5.74, 6) is 0.354. The van der Waals surface area contributed by atoms with Crippen LogP contribution in [-0.2, 0) is 17.5 Å². The molecule has 1 fully saturated rings. The molecular formula is C19H17F3N4O. The Balaban J connectivity index is 1.70. The minimum Gasteiger partial charge on any atom is -0.354 e. The molecule has 0 radical (unpaired) electrons. The van der Waals surface area contributed by atoms with Crippen molar-refractivity contribution in [2.45, 2.75) is 19.1 Å². The summed E-state index contributed by atoms with van der Waals surface area (Å²) in [7, 11) is 0. The number of aromatic nitrogens is 1. The van der Waals surface area contributed by atoms with E-state index in [1.54, 1.807) is 21.9 Å². The summed E-state index contributed by atoms with van der Waals surface area (Å²) >= 11 is 0. The van der Waals surface area contributed by atoms with Crippen LogP contribution in [-0.4, -0.2) is 35.4 Å². The van der Waals surface area contributed by atoms with E-state index in [0.717, 1.165) is 17.8 Å². The lowest BCUT2D eigenvalue weighted by molar-refractivity contribution is -0.137. The van der Waals surface area contributed by atoms with Gasteiger partial charge in [-0.15, -0.1) is 0 Å². The van der Waals surface area contributed by atoms with Gasteiger partial charge in [0.05, 0.1) is 17.2 Å². The Hall–Kier alpha value is -3.08. The Kier molecular flexibility index (Phi) is 5.31. The third-order valence-corrected chi connectivity index (χ3v) is 4.49. The van der Waals surface area contributed by atoms with Crippen LogP contribution in [0.25, 0.3) is 0 Å². The Labute approximate surface area is 154 Å². The Morgan fingerprint density at radius 3 is 2.56 bits per heavy atom. The van der Waals surface area contributed by atoms with Crippen molar-refractivity contribution in [3.8, 4) is 6.07 Å². The summed E-state index contributed by atoms with van der Waals surface area (Å²) in [4.78, 5) is 19.8. The van der Waals surface area contributed by atoms with Crippen LogP contribution in [0.15, 0.2) is 42.6 Å². The first-order chi connectivity index (χ1) is 12.9. The number of carbonyl (C=O) groups excluding carboxylic acids is 1. The molecule has 5 nitrogen and oxygen atoms in total. The summed E-state index contributed by atoms with van der Waals surface area (Å²) in [5, 5.41) is 9.19. The molecular weight excluding hydrogens is 357 g/mol. The second kappa shape index (κ2) is 7.66. The first kappa shape index (κ1) is 18.7. The molecule has 1 saturated heterocycles. The maximum Gasteiger partial charge on any atom is 0.417 e. The summed E-state index contributed by atoms with van der Waals surface area (Å²) in [5.41, 5.74) is 0.497. The van der Waals surface area contributed by atoms with Gasteiger partial charge in [0.1, 0.15) is 5.82 Å². The minimum atomic E-state index is -4.43. The maximum atomic E-state index is 12.7. The highest BCUT2D eigenvalue weighted by atomic mass is 19.4. The van der Waals surface area contributed by atoms with E-state index in [9.17, 15) is 23.2 Å². The first-order valence-corrected chi connectivity index (χ1v) is 8.42. The number of rotatable bonds is 3.